The Morgan fingerprint density at radius 1 is 0.919 bits per heavy atom. The lowest BCUT2D eigenvalue weighted by atomic mass is 9.82. The van der Waals surface area contributed by atoms with Gasteiger partial charge in [-0.05, 0) is 53.4 Å². The van der Waals surface area contributed by atoms with Crippen molar-refractivity contribution in [3.05, 3.63) is 12.4 Å². The van der Waals surface area contributed by atoms with Gasteiger partial charge in [0.05, 0.1) is 56.0 Å². The summed E-state index contributed by atoms with van der Waals surface area (Å²) in [6.45, 7) is 13.1. The predicted molar refractivity (Wildman–Crippen MR) is 138 cm³/mol. The predicted octanol–water partition coefficient (Wildman–Crippen LogP) is 1.54. The number of hydrogen-bond donors (Lipinski definition) is 0. The van der Waals surface area contributed by atoms with Crippen LogP contribution in [0.15, 0.2) is 12.4 Å². The van der Waals surface area contributed by atoms with Gasteiger partial charge >= 0.3 is 7.12 Å². The summed E-state index contributed by atoms with van der Waals surface area (Å²) < 4.78 is 61.5. The Morgan fingerprint density at radius 2 is 1.43 bits per heavy atom. The molecule has 4 rings (SSSR count). The van der Waals surface area contributed by atoms with Crippen molar-refractivity contribution >= 4 is 22.7 Å². The van der Waals surface area contributed by atoms with Crippen molar-refractivity contribution in [2.24, 2.45) is 0 Å². The Balaban J connectivity index is 0.000000233. The minimum Gasteiger partial charge on any atom is -0.399 e. The molecular formula is C24H43BN2O9S. The SMILES string of the molecule is CC1(C)OB(c2cnn(CCOC3CCOCC3)c2)OC1(C)C.CS(=O)(=O)OCCOC1CCOCC1. The van der Waals surface area contributed by atoms with Gasteiger partial charge in [-0.3, -0.25) is 8.86 Å². The largest absolute Gasteiger partial charge is 0.498 e. The van der Waals surface area contributed by atoms with Crippen LogP contribution in [0.1, 0.15) is 53.4 Å². The number of aromatic nitrogens is 2. The monoisotopic (exact) mass is 546 g/mol. The van der Waals surface area contributed by atoms with Gasteiger partial charge in [-0.2, -0.15) is 13.5 Å². The lowest BCUT2D eigenvalue weighted by Crippen LogP contribution is -2.41. The molecule has 0 amide bonds. The van der Waals surface area contributed by atoms with Crippen molar-refractivity contribution in [1.82, 2.24) is 9.78 Å². The van der Waals surface area contributed by atoms with E-state index in [1.165, 1.54) is 0 Å². The van der Waals surface area contributed by atoms with Crippen molar-refractivity contribution < 1.29 is 40.9 Å². The molecule has 0 radical (unpaired) electrons. The number of ether oxygens (including phenoxy) is 4. The molecule has 1 aromatic rings. The van der Waals surface area contributed by atoms with E-state index < -0.39 is 10.1 Å². The van der Waals surface area contributed by atoms with Crippen LogP contribution in [-0.4, -0.2) is 101 Å². The van der Waals surface area contributed by atoms with Crippen LogP contribution in [0.25, 0.3) is 0 Å². The fourth-order valence-corrected chi connectivity index (χ4v) is 4.37. The topological polar surface area (TPSA) is 117 Å². The van der Waals surface area contributed by atoms with Crippen LogP contribution in [0.4, 0.5) is 0 Å². The molecule has 3 saturated heterocycles. The second kappa shape index (κ2) is 13.8. The molecule has 0 N–H and O–H groups in total. The van der Waals surface area contributed by atoms with Crippen LogP contribution in [0.5, 0.6) is 0 Å². The fourth-order valence-electron chi connectivity index (χ4n) is 4.00. The van der Waals surface area contributed by atoms with Gasteiger partial charge in [-0.15, -0.1) is 0 Å². The molecule has 0 saturated carbocycles. The molecule has 0 spiro atoms. The third-order valence-corrected chi connectivity index (χ3v) is 7.52. The molecule has 3 fully saturated rings. The van der Waals surface area contributed by atoms with Gasteiger partial charge in [0, 0.05) is 44.3 Å². The smallest absolute Gasteiger partial charge is 0.399 e. The quantitative estimate of drug-likeness (QED) is 0.243. The first-order chi connectivity index (χ1) is 17.5. The first-order valence-corrected chi connectivity index (χ1v) is 14.9. The van der Waals surface area contributed by atoms with E-state index in [1.54, 1.807) is 0 Å². The second-order valence-corrected chi connectivity index (χ2v) is 12.2. The third-order valence-electron chi connectivity index (χ3n) is 6.92. The van der Waals surface area contributed by atoms with E-state index in [4.69, 9.17) is 28.3 Å². The number of hydrogen-bond acceptors (Lipinski definition) is 10. The molecule has 0 aromatic carbocycles. The summed E-state index contributed by atoms with van der Waals surface area (Å²) in [5.74, 6) is 0. The van der Waals surface area contributed by atoms with E-state index in [0.29, 0.717) is 19.3 Å². The maximum absolute atomic E-state index is 10.6. The summed E-state index contributed by atoms with van der Waals surface area (Å²) in [4.78, 5) is 0. The van der Waals surface area contributed by atoms with Gasteiger partial charge in [-0.1, -0.05) is 0 Å². The van der Waals surface area contributed by atoms with Crippen molar-refractivity contribution in [1.29, 1.82) is 0 Å². The minimum atomic E-state index is -3.33. The number of nitrogens with zero attached hydrogens (tertiary/aromatic N) is 2. The highest BCUT2D eigenvalue weighted by atomic mass is 32.2. The molecule has 13 heteroatoms. The van der Waals surface area contributed by atoms with Gasteiger partial charge < -0.3 is 28.3 Å². The molecule has 0 aliphatic carbocycles. The normalized spacial score (nSPS) is 22.6. The van der Waals surface area contributed by atoms with Gasteiger partial charge in [0.25, 0.3) is 10.1 Å². The summed E-state index contributed by atoms with van der Waals surface area (Å²) in [5, 5.41) is 4.39. The average molecular weight is 546 g/mol. The van der Waals surface area contributed by atoms with E-state index in [1.807, 2.05) is 17.1 Å². The standard InChI is InChI=1S/C16H27BN2O4.C8H16O5S/c1-15(2)16(3,4)23-17(22-15)13-11-18-19(12-13)7-10-21-14-5-8-20-9-6-14;1-14(9,10)13-7-6-12-8-2-4-11-5-3-8/h11-12,14H,5-10H2,1-4H3;8H,2-7H2,1H3. The summed E-state index contributed by atoms with van der Waals surface area (Å²) in [5.41, 5.74) is 0.299. The Hall–Kier alpha value is -1.06. The van der Waals surface area contributed by atoms with Gasteiger partial charge in [0.1, 0.15) is 0 Å². The van der Waals surface area contributed by atoms with Crippen LogP contribution < -0.4 is 5.46 Å². The van der Waals surface area contributed by atoms with Crippen molar-refractivity contribution in [3.8, 4) is 0 Å². The third kappa shape index (κ3) is 10.2. The highest BCUT2D eigenvalue weighted by molar-refractivity contribution is 7.85. The van der Waals surface area contributed by atoms with Crippen molar-refractivity contribution in [2.45, 2.75) is 83.3 Å². The first kappa shape index (κ1) is 30.5. The maximum Gasteiger partial charge on any atom is 0.498 e. The van der Waals surface area contributed by atoms with Crippen LogP contribution >= 0.6 is 0 Å². The summed E-state index contributed by atoms with van der Waals surface area (Å²) >= 11 is 0. The fraction of sp³-hybridized carbons (Fsp3) is 0.875. The Kier molecular flexibility index (Phi) is 11.4. The summed E-state index contributed by atoms with van der Waals surface area (Å²) in [6, 6.07) is 0. The van der Waals surface area contributed by atoms with E-state index in [0.717, 1.165) is 70.4 Å². The van der Waals surface area contributed by atoms with E-state index >= 15 is 0 Å². The van der Waals surface area contributed by atoms with Gasteiger partial charge in [-0.25, -0.2) is 0 Å². The van der Waals surface area contributed by atoms with E-state index in [-0.39, 0.29) is 31.0 Å². The second-order valence-electron chi connectivity index (χ2n) is 10.5. The minimum absolute atomic E-state index is 0.0934. The molecule has 212 valence electrons. The van der Waals surface area contributed by atoms with Crippen LogP contribution in [0.2, 0.25) is 0 Å². The lowest BCUT2D eigenvalue weighted by molar-refractivity contribution is -0.0383. The Morgan fingerprint density at radius 3 is 1.95 bits per heavy atom. The van der Waals surface area contributed by atoms with E-state index in [9.17, 15) is 8.42 Å². The highest BCUT2D eigenvalue weighted by Crippen LogP contribution is 2.36. The Bertz CT molecular complexity index is 897. The molecule has 4 heterocycles. The summed E-state index contributed by atoms with van der Waals surface area (Å²) in [7, 11) is -3.69. The molecule has 3 aliphatic rings. The zero-order valence-corrected chi connectivity index (χ0v) is 23.7. The van der Waals surface area contributed by atoms with Crippen LogP contribution in [-0.2, 0) is 49.1 Å². The molecule has 0 bridgehead atoms. The Labute approximate surface area is 221 Å². The van der Waals surface area contributed by atoms with Gasteiger partial charge in [0.15, 0.2) is 0 Å². The van der Waals surface area contributed by atoms with Crippen molar-refractivity contribution in [3.63, 3.8) is 0 Å². The highest BCUT2D eigenvalue weighted by Gasteiger charge is 2.52. The molecule has 11 nitrogen and oxygen atoms in total. The number of rotatable bonds is 10. The summed E-state index contributed by atoms with van der Waals surface area (Å²) in [6.07, 6.45) is 9.05. The van der Waals surface area contributed by atoms with Crippen LogP contribution in [0.3, 0.4) is 0 Å². The molecular weight excluding hydrogens is 503 g/mol. The molecule has 37 heavy (non-hydrogen) atoms. The van der Waals surface area contributed by atoms with Crippen LogP contribution in [0, 0.1) is 0 Å². The molecule has 1 aromatic heterocycles. The van der Waals surface area contributed by atoms with E-state index in [2.05, 4.69) is 37.0 Å². The van der Waals surface area contributed by atoms with Gasteiger partial charge in [0.2, 0.25) is 0 Å². The molecule has 0 atom stereocenters. The zero-order chi connectivity index (χ0) is 26.9. The molecule has 3 aliphatic heterocycles. The van der Waals surface area contributed by atoms with Crippen molar-refractivity contribution in [2.75, 3.05) is 52.5 Å². The first-order valence-electron chi connectivity index (χ1n) is 13.1. The lowest BCUT2D eigenvalue weighted by Gasteiger charge is -2.32. The zero-order valence-electron chi connectivity index (χ0n) is 22.8. The maximum atomic E-state index is 10.6. The average Bonchev–Trinajstić information content (AvgIpc) is 3.39. The molecule has 0 unspecified atom stereocenters.